The van der Waals surface area contributed by atoms with Crippen LogP contribution in [0, 0.1) is 0 Å². The maximum atomic E-state index is 12.4. The van der Waals surface area contributed by atoms with Gasteiger partial charge in [0.15, 0.2) is 11.6 Å². The molecule has 0 atom stereocenters. The van der Waals surface area contributed by atoms with E-state index in [1.54, 1.807) is 9.80 Å². The van der Waals surface area contributed by atoms with Gasteiger partial charge in [0.1, 0.15) is 52.8 Å². The van der Waals surface area contributed by atoms with Crippen LogP contribution in [-0.2, 0) is 40.5 Å². The van der Waals surface area contributed by atoms with E-state index in [0.717, 1.165) is 62.4 Å². The third-order valence-electron chi connectivity index (χ3n) is 11.9. The van der Waals surface area contributed by atoms with Gasteiger partial charge in [-0.05, 0) is 110 Å². The number of fused-ring (bicyclic) bond motifs is 2. The number of piperazine rings is 1. The maximum Gasteiger partial charge on any atom is 1.00 e. The Morgan fingerprint density at radius 2 is 0.849 bits per heavy atom. The minimum atomic E-state index is -5.15. The van der Waals surface area contributed by atoms with E-state index in [1.165, 1.54) is 36.4 Å². The summed E-state index contributed by atoms with van der Waals surface area (Å²) in [5.41, 5.74) is 11.5. The van der Waals surface area contributed by atoms with Crippen molar-refractivity contribution in [1.29, 1.82) is 0 Å². The first-order valence-electron chi connectivity index (χ1n) is 22.9. The van der Waals surface area contributed by atoms with E-state index in [4.69, 9.17) is 34.7 Å². The Hall–Kier alpha value is -4.58. The number of nitrogen functional groups attached to an aromatic ring is 2. The molecule has 86 heavy (non-hydrogen) atoms. The number of halogens is 2. The van der Waals surface area contributed by atoms with Crippen molar-refractivity contribution in [3.05, 3.63) is 95.5 Å². The second-order valence-corrected chi connectivity index (χ2v) is 23.5. The van der Waals surface area contributed by atoms with Crippen LogP contribution < -0.4 is 150 Å². The largest absolute Gasteiger partial charge is 1.00 e. The molecule has 1 aliphatic heterocycles. The van der Waals surface area contributed by atoms with Crippen molar-refractivity contribution in [1.82, 2.24) is 29.9 Å². The second kappa shape index (κ2) is 28.5. The molecule has 40 heteroatoms. The number of aromatic nitrogens is 6. The van der Waals surface area contributed by atoms with Gasteiger partial charge >= 0.3 is 118 Å². The van der Waals surface area contributed by atoms with Crippen molar-refractivity contribution < 1.29 is 180 Å². The molecule has 0 aliphatic carbocycles. The minimum Gasteiger partial charge on any atom is -0.862 e. The molecule has 1 aliphatic rings. The summed E-state index contributed by atoms with van der Waals surface area (Å²) >= 11 is 12.9. The first-order chi connectivity index (χ1) is 38.4. The summed E-state index contributed by atoms with van der Waals surface area (Å²) in [5, 5.41) is 39.2. The van der Waals surface area contributed by atoms with Crippen molar-refractivity contribution in [3.63, 3.8) is 0 Å². The zero-order chi connectivity index (χ0) is 59.4. The molecule has 0 unspecified atom stereocenters. The summed E-state index contributed by atoms with van der Waals surface area (Å²) in [5.74, 6) is -1.43. The Labute approximate surface area is 587 Å². The Kier molecular flexibility index (Phi) is 23.9. The SMILES string of the molecule is CC([O-])=Nc1c(N=Nc2cc(S(=O)(=O)O)c3cccc(S(=O)(=O)[O-])c3c2)ccc(-c2nc(Cl)nc(N3CCN(c4nc(Cl)nc(-c5ccc(N=Nc6cc(S(=O)(=O)O)c7cccc(S(=O)(=O)[O-])c7c6)c(N=C(C)[O-])c5N)n4)CC3)n2)c1N.[Na+].[Na+].[Na+].[Na+]. The number of nitrogens with zero attached hydrogens (tertiary/aromatic N) is 14. The molecule has 9 rings (SSSR count). The molecule has 0 saturated carbocycles. The van der Waals surface area contributed by atoms with Gasteiger partial charge in [-0.25, -0.2) is 16.8 Å². The fourth-order valence-corrected chi connectivity index (χ4v) is 11.6. The number of benzene rings is 6. The van der Waals surface area contributed by atoms with Gasteiger partial charge in [0, 0.05) is 58.9 Å². The van der Waals surface area contributed by atoms with Crippen molar-refractivity contribution >= 4 is 154 Å². The number of hydrogen-bond donors (Lipinski definition) is 4. The number of anilines is 4. The normalized spacial score (nSPS) is 13.6. The smallest absolute Gasteiger partial charge is 0.862 e. The van der Waals surface area contributed by atoms with Crippen LogP contribution in [-0.4, -0.2) is 120 Å². The maximum absolute atomic E-state index is 12.4. The topological polar surface area (TPSA) is 479 Å². The van der Waals surface area contributed by atoms with E-state index in [1.807, 2.05) is 0 Å². The summed E-state index contributed by atoms with van der Waals surface area (Å²) in [4.78, 5) is 34.6. The Morgan fingerprint density at radius 3 is 1.16 bits per heavy atom. The third kappa shape index (κ3) is 16.2. The zero-order valence-electron chi connectivity index (χ0n) is 45.5. The zero-order valence-corrected chi connectivity index (χ0v) is 58.3. The van der Waals surface area contributed by atoms with Gasteiger partial charge in [-0.3, -0.25) is 19.1 Å². The first kappa shape index (κ1) is 72.2. The molecular formula is C46H34Cl2N16Na4O14S4. The number of hydrogen-bond acceptors (Lipinski definition) is 28. The van der Waals surface area contributed by atoms with Gasteiger partial charge in [-0.2, -0.15) is 57.0 Å². The number of aliphatic imine (C=N–C) groups is 2. The fourth-order valence-electron chi connectivity index (χ4n) is 8.42. The Balaban J connectivity index is 0.00000337. The molecule has 0 spiro atoms. The molecule has 8 aromatic rings. The monoisotopic (exact) mass is 1320 g/mol. The average Bonchev–Trinajstić information content (AvgIpc) is 3.60. The van der Waals surface area contributed by atoms with Crippen molar-refractivity contribution in [2.45, 2.75) is 33.4 Å². The van der Waals surface area contributed by atoms with E-state index >= 15 is 0 Å². The van der Waals surface area contributed by atoms with E-state index in [9.17, 15) is 62.1 Å². The van der Waals surface area contributed by atoms with Crippen LogP contribution in [0.15, 0.2) is 135 Å². The van der Waals surface area contributed by atoms with Gasteiger partial charge in [0.05, 0.1) is 32.5 Å². The van der Waals surface area contributed by atoms with Gasteiger partial charge in [-0.1, -0.05) is 24.3 Å². The summed E-state index contributed by atoms with van der Waals surface area (Å²) in [7, 11) is -20.3. The molecule has 2 aromatic heterocycles. The standard InChI is InChI=1S/C46H38Cl2N16O14S4.4Na/c1-21(65)51-39-31(61-59-23-17-29-25(35(19-23)81(73,74)75)5-3-7-33(29)79(67,68)69)11-9-27(37(39)49)41-53-43(47)57-45(55-41)63-13-15-64(16-14-63)46-56-42(54-44(48)58-46)28-10-12-32(40(38(28)50)52-22(2)66)62-60-24-18-30-26(36(20-24)82(76,77)78)6-4-8-34(30)80(70,71)72;;;;/h3-12,17-20H,13-16,49-50H2,1-2H3,(H,51,65)(H,52,66)(H,67,68,69)(H,70,71,72)(H,73,74,75)(H,76,77,78);;;;/q;4*+1/p-4. The van der Waals surface area contributed by atoms with Crippen LogP contribution in [0.3, 0.4) is 0 Å². The molecule has 0 bridgehead atoms. The van der Waals surface area contributed by atoms with Crippen molar-refractivity contribution in [2.24, 2.45) is 30.4 Å². The molecule has 1 fully saturated rings. The number of rotatable bonds is 14. The second-order valence-electron chi connectivity index (χ2n) is 17.3. The quantitative estimate of drug-likeness (QED) is 0.0196. The summed E-state index contributed by atoms with van der Waals surface area (Å²) in [6.07, 6.45) is 0. The molecule has 0 radical (unpaired) electrons. The van der Waals surface area contributed by atoms with Crippen LogP contribution in [0.2, 0.25) is 10.6 Å². The summed E-state index contributed by atoms with van der Waals surface area (Å²) in [6.45, 7) is 3.11. The van der Waals surface area contributed by atoms with E-state index in [-0.39, 0.29) is 257 Å². The number of nitrogens with two attached hydrogens (primary N) is 2. The molecule has 3 heterocycles. The predicted molar refractivity (Wildman–Crippen MR) is 291 cm³/mol. The summed E-state index contributed by atoms with van der Waals surface area (Å²) < 4.78 is 142. The van der Waals surface area contributed by atoms with Gasteiger partial charge in [-0.15, -0.1) is 10.2 Å². The Bertz CT molecular complexity index is 4330. The van der Waals surface area contributed by atoms with E-state index in [2.05, 4.69) is 60.3 Å². The van der Waals surface area contributed by atoms with E-state index < -0.39 is 71.8 Å². The molecular weight excluding hydrogens is 1290 g/mol. The van der Waals surface area contributed by atoms with E-state index in [0.29, 0.717) is 0 Å². The number of azo groups is 2. The molecule has 30 nitrogen and oxygen atoms in total. The van der Waals surface area contributed by atoms with Crippen molar-refractivity contribution in [3.8, 4) is 22.8 Å². The van der Waals surface area contributed by atoms with Crippen molar-refractivity contribution in [2.75, 3.05) is 47.4 Å². The molecule has 424 valence electrons. The van der Waals surface area contributed by atoms with Crippen LogP contribution in [0.5, 0.6) is 0 Å². The first-order valence-corrected chi connectivity index (χ1v) is 29.4. The Morgan fingerprint density at radius 1 is 0.500 bits per heavy atom. The van der Waals surface area contributed by atoms with Crippen LogP contribution >= 0.6 is 23.2 Å². The van der Waals surface area contributed by atoms with Crippen LogP contribution in [0.1, 0.15) is 13.8 Å². The molecule has 1 saturated heterocycles. The van der Waals surface area contributed by atoms with Gasteiger partial charge in [0.2, 0.25) is 22.5 Å². The van der Waals surface area contributed by atoms with Crippen LogP contribution in [0.4, 0.5) is 57.4 Å². The van der Waals surface area contributed by atoms with Gasteiger partial charge in [0.25, 0.3) is 20.2 Å². The van der Waals surface area contributed by atoms with Gasteiger partial charge < -0.3 is 40.6 Å². The molecule has 0 amide bonds. The predicted octanol–water partition coefficient (Wildman–Crippen LogP) is -6.54. The molecule has 6 aromatic carbocycles. The van der Waals surface area contributed by atoms with Crippen LogP contribution in [0.25, 0.3) is 44.3 Å². The summed E-state index contributed by atoms with van der Waals surface area (Å²) in [6, 6.07) is 15.8. The molecule has 6 N–H and O–H groups in total. The fraction of sp³-hybridized carbons (Fsp3) is 0.130. The average molecular weight is 1330 g/mol. The third-order valence-corrected chi connectivity index (χ3v) is 15.8. The minimum absolute atomic E-state index is 0.